The number of fused-ring (bicyclic) bond motifs is 2. The number of rotatable bonds is 4. The van der Waals surface area contributed by atoms with E-state index in [4.69, 9.17) is 0 Å². The Hall–Kier alpha value is -0.570. The molecule has 3 nitrogen and oxygen atoms in total. The van der Waals surface area contributed by atoms with Crippen LogP contribution in [0.1, 0.15) is 60.8 Å². The van der Waals surface area contributed by atoms with Gasteiger partial charge >= 0.3 is 0 Å². The molecule has 19 heavy (non-hydrogen) atoms. The van der Waals surface area contributed by atoms with Crippen LogP contribution in [-0.4, -0.2) is 24.0 Å². The highest BCUT2D eigenvalue weighted by molar-refractivity contribution is 5.85. The van der Waals surface area contributed by atoms with E-state index in [1.807, 2.05) is 20.8 Å². The number of carbonyl (C=O) groups excluding carboxylic acids is 1. The van der Waals surface area contributed by atoms with E-state index in [2.05, 4.69) is 31.4 Å². The second kappa shape index (κ2) is 4.47. The molecule has 2 N–H and O–H groups in total. The third kappa shape index (κ3) is 2.31. The molecule has 2 bridgehead atoms. The van der Waals surface area contributed by atoms with Gasteiger partial charge in [0.05, 0.1) is 5.54 Å². The number of carbonyl (C=O) groups is 1. The molecule has 110 valence electrons. The van der Waals surface area contributed by atoms with Crippen molar-refractivity contribution in [2.75, 3.05) is 6.54 Å². The van der Waals surface area contributed by atoms with Gasteiger partial charge < -0.3 is 10.6 Å². The number of likely N-dealkylation sites (N-methyl/N-ethyl adjacent to an activating group) is 1. The molecule has 2 saturated carbocycles. The van der Waals surface area contributed by atoms with Gasteiger partial charge in [-0.3, -0.25) is 4.79 Å². The van der Waals surface area contributed by atoms with E-state index in [0.29, 0.717) is 11.5 Å². The molecule has 3 atom stereocenters. The van der Waals surface area contributed by atoms with Crippen LogP contribution in [0.2, 0.25) is 0 Å². The summed E-state index contributed by atoms with van der Waals surface area (Å²) in [5.41, 5.74) is 0.0418. The quantitative estimate of drug-likeness (QED) is 0.821. The van der Waals surface area contributed by atoms with Gasteiger partial charge in [0.2, 0.25) is 5.91 Å². The van der Waals surface area contributed by atoms with E-state index in [-0.39, 0.29) is 11.3 Å². The van der Waals surface area contributed by atoms with E-state index < -0.39 is 5.54 Å². The SMILES string of the molecule is CCNC(C)(C)C(=O)NC1C2(C)CCC(C2)C1(C)C. The zero-order valence-corrected chi connectivity index (χ0v) is 13.4. The van der Waals surface area contributed by atoms with E-state index in [1.54, 1.807) is 0 Å². The van der Waals surface area contributed by atoms with Gasteiger partial charge in [-0.1, -0.05) is 27.7 Å². The molecule has 0 radical (unpaired) electrons. The third-order valence-electron chi connectivity index (χ3n) is 5.73. The maximum atomic E-state index is 12.5. The van der Waals surface area contributed by atoms with Crippen molar-refractivity contribution in [1.29, 1.82) is 0 Å². The van der Waals surface area contributed by atoms with Crippen molar-refractivity contribution in [2.24, 2.45) is 16.7 Å². The van der Waals surface area contributed by atoms with E-state index >= 15 is 0 Å². The molecule has 0 aromatic carbocycles. The van der Waals surface area contributed by atoms with Gasteiger partial charge in [-0.05, 0) is 56.4 Å². The molecule has 0 aliphatic heterocycles. The van der Waals surface area contributed by atoms with Crippen LogP contribution in [0, 0.1) is 16.7 Å². The summed E-state index contributed by atoms with van der Waals surface area (Å²) in [7, 11) is 0. The molecular formula is C16H30N2O. The molecule has 2 fully saturated rings. The monoisotopic (exact) mass is 266 g/mol. The molecule has 2 aliphatic rings. The Balaban J connectivity index is 2.13. The van der Waals surface area contributed by atoms with Gasteiger partial charge in [-0.15, -0.1) is 0 Å². The summed E-state index contributed by atoms with van der Waals surface area (Å²) < 4.78 is 0. The molecule has 2 aliphatic carbocycles. The van der Waals surface area contributed by atoms with Crippen LogP contribution in [0.15, 0.2) is 0 Å². The predicted octanol–water partition coefficient (Wildman–Crippen LogP) is 2.71. The summed E-state index contributed by atoms with van der Waals surface area (Å²) in [6.45, 7) is 13.8. The molecule has 0 heterocycles. The lowest BCUT2D eigenvalue weighted by molar-refractivity contribution is -0.129. The van der Waals surface area contributed by atoms with Gasteiger partial charge in [0.25, 0.3) is 0 Å². The Labute approximate surface area is 117 Å². The fourth-order valence-corrected chi connectivity index (χ4v) is 4.50. The van der Waals surface area contributed by atoms with Crippen LogP contribution in [0.4, 0.5) is 0 Å². The molecule has 0 spiro atoms. The summed E-state index contributed by atoms with van der Waals surface area (Å²) in [4.78, 5) is 12.5. The van der Waals surface area contributed by atoms with Crippen molar-refractivity contribution in [2.45, 2.75) is 72.4 Å². The summed E-state index contributed by atoms with van der Waals surface area (Å²) in [5.74, 6) is 0.909. The average Bonchev–Trinajstić information content (AvgIpc) is 2.75. The lowest BCUT2D eigenvalue weighted by atomic mass is 9.68. The first-order chi connectivity index (χ1) is 8.63. The van der Waals surface area contributed by atoms with E-state index in [1.165, 1.54) is 19.3 Å². The van der Waals surface area contributed by atoms with Crippen LogP contribution in [0.5, 0.6) is 0 Å². The normalized spacial score (nSPS) is 36.5. The summed E-state index contributed by atoms with van der Waals surface area (Å²) >= 11 is 0. The van der Waals surface area contributed by atoms with Crippen molar-refractivity contribution >= 4 is 5.91 Å². The zero-order valence-electron chi connectivity index (χ0n) is 13.4. The topological polar surface area (TPSA) is 41.1 Å². The largest absolute Gasteiger partial charge is 0.351 e. The Morgan fingerprint density at radius 2 is 1.95 bits per heavy atom. The van der Waals surface area contributed by atoms with Crippen LogP contribution in [0.3, 0.4) is 0 Å². The molecule has 2 rings (SSSR count). The number of hydrogen-bond acceptors (Lipinski definition) is 2. The van der Waals surface area contributed by atoms with Crippen molar-refractivity contribution in [1.82, 2.24) is 10.6 Å². The minimum Gasteiger partial charge on any atom is -0.351 e. The number of nitrogens with one attached hydrogen (secondary N) is 2. The molecular weight excluding hydrogens is 236 g/mol. The first kappa shape index (κ1) is 14.8. The maximum absolute atomic E-state index is 12.5. The van der Waals surface area contributed by atoms with Gasteiger partial charge in [0.15, 0.2) is 0 Å². The van der Waals surface area contributed by atoms with E-state index in [0.717, 1.165) is 12.5 Å². The minimum absolute atomic E-state index is 0.140. The highest BCUT2D eigenvalue weighted by atomic mass is 16.2. The van der Waals surface area contributed by atoms with Crippen LogP contribution < -0.4 is 10.6 Å². The van der Waals surface area contributed by atoms with Gasteiger partial charge in [0.1, 0.15) is 0 Å². The van der Waals surface area contributed by atoms with Crippen molar-refractivity contribution in [3.63, 3.8) is 0 Å². The smallest absolute Gasteiger partial charge is 0.239 e. The third-order valence-corrected chi connectivity index (χ3v) is 5.73. The number of amides is 1. The second-order valence-electron chi connectivity index (χ2n) is 7.98. The highest BCUT2D eigenvalue weighted by Crippen LogP contribution is 2.62. The second-order valence-corrected chi connectivity index (χ2v) is 7.98. The van der Waals surface area contributed by atoms with Crippen LogP contribution in [0.25, 0.3) is 0 Å². The first-order valence-electron chi connectivity index (χ1n) is 7.69. The van der Waals surface area contributed by atoms with Crippen LogP contribution >= 0.6 is 0 Å². The average molecular weight is 266 g/mol. The Morgan fingerprint density at radius 3 is 2.42 bits per heavy atom. The number of hydrogen-bond donors (Lipinski definition) is 2. The van der Waals surface area contributed by atoms with E-state index in [9.17, 15) is 4.79 Å². The summed E-state index contributed by atoms with van der Waals surface area (Å²) in [6, 6.07) is 0.309. The Kier molecular flexibility index (Phi) is 3.49. The van der Waals surface area contributed by atoms with Gasteiger partial charge in [0, 0.05) is 6.04 Å². The predicted molar refractivity (Wildman–Crippen MR) is 78.9 cm³/mol. The molecule has 3 unspecified atom stereocenters. The Morgan fingerprint density at radius 1 is 1.32 bits per heavy atom. The first-order valence-corrected chi connectivity index (χ1v) is 7.69. The minimum atomic E-state index is -0.483. The fraction of sp³-hybridized carbons (Fsp3) is 0.938. The molecule has 0 aromatic rings. The standard InChI is InChI=1S/C16H30N2O/c1-7-17-15(4,5)13(19)18-12-14(2,3)11-8-9-16(12,6)10-11/h11-12,17H,7-10H2,1-6H3,(H,18,19). The summed E-state index contributed by atoms with van der Waals surface area (Å²) in [5, 5.41) is 6.63. The van der Waals surface area contributed by atoms with Gasteiger partial charge in [-0.2, -0.15) is 0 Å². The lowest BCUT2D eigenvalue weighted by Crippen LogP contribution is -2.60. The van der Waals surface area contributed by atoms with Crippen molar-refractivity contribution in [3.05, 3.63) is 0 Å². The van der Waals surface area contributed by atoms with Crippen LogP contribution in [-0.2, 0) is 4.79 Å². The molecule has 0 aromatic heterocycles. The highest BCUT2D eigenvalue weighted by Gasteiger charge is 2.60. The lowest BCUT2D eigenvalue weighted by Gasteiger charge is -2.44. The Bertz CT molecular complexity index is 370. The molecule has 1 amide bonds. The van der Waals surface area contributed by atoms with Gasteiger partial charge in [-0.25, -0.2) is 0 Å². The maximum Gasteiger partial charge on any atom is 0.239 e. The molecule has 3 heteroatoms. The summed E-state index contributed by atoms with van der Waals surface area (Å²) in [6.07, 6.45) is 3.85. The fourth-order valence-electron chi connectivity index (χ4n) is 4.50. The zero-order chi connectivity index (χ0) is 14.5. The van der Waals surface area contributed by atoms with Crippen molar-refractivity contribution in [3.8, 4) is 0 Å². The van der Waals surface area contributed by atoms with Crippen molar-refractivity contribution < 1.29 is 4.79 Å². The molecule has 0 saturated heterocycles.